The average molecular weight is 283 g/mol. The third-order valence-electron chi connectivity index (χ3n) is 3.38. The summed E-state index contributed by atoms with van der Waals surface area (Å²) in [6, 6.07) is 1.50. The number of rotatable bonds is 9. The number of aliphatic hydroxyl groups is 1. The van der Waals surface area contributed by atoms with Crippen molar-refractivity contribution in [1.29, 1.82) is 0 Å². The lowest BCUT2D eigenvalue weighted by atomic mass is 10.2. The van der Waals surface area contributed by atoms with E-state index in [4.69, 9.17) is 5.11 Å². The minimum absolute atomic E-state index is 0.176. The van der Waals surface area contributed by atoms with Gasteiger partial charge in [-0.05, 0) is 26.3 Å². The average Bonchev–Trinajstić information content (AvgIpc) is 2.42. The third-order valence-corrected chi connectivity index (χ3v) is 3.38. The molecule has 0 bridgehead atoms. The molecule has 0 aliphatic rings. The van der Waals surface area contributed by atoms with Crippen molar-refractivity contribution < 1.29 is 5.11 Å². The molecule has 6 nitrogen and oxygen atoms in total. The number of unbranched alkanes of at least 4 members (excludes halogenated alkanes) is 3. The first-order valence-electron chi connectivity index (χ1n) is 7.17. The summed E-state index contributed by atoms with van der Waals surface area (Å²) in [5.41, 5.74) is 0.237. The van der Waals surface area contributed by atoms with E-state index in [1.807, 2.05) is 0 Å². The highest BCUT2D eigenvalue weighted by Gasteiger charge is 2.05. The van der Waals surface area contributed by atoms with E-state index in [1.165, 1.54) is 13.1 Å². The van der Waals surface area contributed by atoms with Gasteiger partial charge in [0, 0.05) is 31.9 Å². The molecule has 0 atom stereocenters. The standard InChI is InChI=1S/C14H25N3O3/c1-12-11-13(19)16(2)14(20)17(12)9-6-4-3-5-7-15-8-10-18/h11,15,18H,3-10H2,1-2H3. The molecule has 20 heavy (non-hydrogen) atoms. The van der Waals surface area contributed by atoms with Gasteiger partial charge in [-0.25, -0.2) is 4.79 Å². The lowest BCUT2D eigenvalue weighted by Crippen LogP contribution is -2.38. The van der Waals surface area contributed by atoms with E-state index in [0.29, 0.717) is 13.1 Å². The van der Waals surface area contributed by atoms with E-state index < -0.39 is 0 Å². The Morgan fingerprint density at radius 3 is 2.55 bits per heavy atom. The zero-order chi connectivity index (χ0) is 15.0. The minimum Gasteiger partial charge on any atom is -0.395 e. The zero-order valence-electron chi connectivity index (χ0n) is 12.4. The molecule has 6 heteroatoms. The molecule has 0 aliphatic heterocycles. The van der Waals surface area contributed by atoms with Gasteiger partial charge in [0.15, 0.2) is 0 Å². The largest absolute Gasteiger partial charge is 0.395 e. The zero-order valence-corrected chi connectivity index (χ0v) is 12.4. The Hall–Kier alpha value is -1.40. The summed E-state index contributed by atoms with van der Waals surface area (Å²) < 4.78 is 2.80. The molecule has 2 N–H and O–H groups in total. The molecule has 0 aliphatic carbocycles. The highest BCUT2D eigenvalue weighted by Crippen LogP contribution is 2.02. The van der Waals surface area contributed by atoms with E-state index in [0.717, 1.165) is 42.5 Å². The summed E-state index contributed by atoms with van der Waals surface area (Å²) in [7, 11) is 1.51. The molecule has 1 rings (SSSR count). The number of aryl methyl sites for hydroxylation is 1. The highest BCUT2D eigenvalue weighted by molar-refractivity contribution is 4.99. The van der Waals surface area contributed by atoms with Gasteiger partial charge in [0.25, 0.3) is 5.56 Å². The van der Waals surface area contributed by atoms with Crippen LogP contribution in [-0.4, -0.2) is 33.9 Å². The Kier molecular flexibility index (Phi) is 7.25. The monoisotopic (exact) mass is 283 g/mol. The molecule has 1 aromatic rings. The van der Waals surface area contributed by atoms with Crippen LogP contribution in [0.5, 0.6) is 0 Å². The van der Waals surface area contributed by atoms with Crippen molar-refractivity contribution in [2.45, 2.75) is 39.2 Å². The Morgan fingerprint density at radius 2 is 1.85 bits per heavy atom. The first-order valence-corrected chi connectivity index (χ1v) is 7.17. The van der Waals surface area contributed by atoms with E-state index >= 15 is 0 Å². The maximum Gasteiger partial charge on any atom is 0.330 e. The molecular formula is C14H25N3O3. The van der Waals surface area contributed by atoms with Gasteiger partial charge < -0.3 is 10.4 Å². The second-order valence-corrected chi connectivity index (χ2v) is 5.01. The van der Waals surface area contributed by atoms with Crippen LogP contribution in [0.15, 0.2) is 15.7 Å². The van der Waals surface area contributed by atoms with Gasteiger partial charge in [0.05, 0.1) is 6.61 Å². The van der Waals surface area contributed by atoms with Crippen molar-refractivity contribution >= 4 is 0 Å². The molecule has 0 unspecified atom stereocenters. The third kappa shape index (κ3) is 4.94. The summed E-state index contributed by atoms with van der Waals surface area (Å²) in [6.45, 7) is 4.19. The van der Waals surface area contributed by atoms with Crippen molar-refractivity contribution in [3.05, 3.63) is 32.6 Å². The fourth-order valence-electron chi connectivity index (χ4n) is 2.13. The summed E-state index contributed by atoms with van der Waals surface area (Å²) in [5.74, 6) is 0. The molecule has 114 valence electrons. The normalized spacial score (nSPS) is 10.9. The molecule has 1 aromatic heterocycles. The Labute approximate surface area is 119 Å². The van der Waals surface area contributed by atoms with Gasteiger partial charge in [0.1, 0.15) is 0 Å². The molecule has 0 radical (unpaired) electrons. The number of nitrogens with one attached hydrogen (secondary N) is 1. The molecule has 0 saturated carbocycles. The maximum atomic E-state index is 11.9. The molecule has 0 amide bonds. The van der Waals surface area contributed by atoms with E-state index in [-0.39, 0.29) is 17.9 Å². The van der Waals surface area contributed by atoms with Crippen molar-refractivity contribution in [3.8, 4) is 0 Å². The van der Waals surface area contributed by atoms with Crippen molar-refractivity contribution in [2.24, 2.45) is 7.05 Å². The first kappa shape index (κ1) is 16.7. The van der Waals surface area contributed by atoms with Crippen LogP contribution < -0.4 is 16.6 Å². The quantitative estimate of drug-likeness (QED) is 0.625. The van der Waals surface area contributed by atoms with Gasteiger partial charge in [-0.1, -0.05) is 12.8 Å². The van der Waals surface area contributed by atoms with Gasteiger partial charge in [0.2, 0.25) is 0 Å². The molecule has 0 aromatic carbocycles. The fourth-order valence-corrected chi connectivity index (χ4v) is 2.13. The molecule has 0 saturated heterocycles. The van der Waals surface area contributed by atoms with Crippen molar-refractivity contribution in [3.63, 3.8) is 0 Å². The van der Waals surface area contributed by atoms with Crippen LogP contribution >= 0.6 is 0 Å². The maximum absolute atomic E-state index is 11.9. The first-order chi connectivity index (χ1) is 9.57. The van der Waals surface area contributed by atoms with Crippen LogP contribution in [0.25, 0.3) is 0 Å². The predicted octanol–water partition coefficient (Wildman–Crippen LogP) is -0.00228. The number of hydrogen-bond donors (Lipinski definition) is 2. The van der Waals surface area contributed by atoms with Crippen LogP contribution in [0.3, 0.4) is 0 Å². The van der Waals surface area contributed by atoms with Gasteiger partial charge >= 0.3 is 5.69 Å². The van der Waals surface area contributed by atoms with Crippen LogP contribution in [0.1, 0.15) is 31.4 Å². The SMILES string of the molecule is Cc1cc(=O)n(C)c(=O)n1CCCCCCNCCO. The Bertz CT molecular complexity index is 519. The smallest absolute Gasteiger partial charge is 0.330 e. The van der Waals surface area contributed by atoms with Crippen molar-refractivity contribution in [1.82, 2.24) is 14.5 Å². The molecule has 1 heterocycles. The summed E-state index contributed by atoms with van der Waals surface area (Å²) >= 11 is 0. The molecule has 0 spiro atoms. The number of aliphatic hydroxyl groups excluding tert-OH is 1. The number of hydrogen-bond acceptors (Lipinski definition) is 4. The predicted molar refractivity (Wildman–Crippen MR) is 79.1 cm³/mol. The van der Waals surface area contributed by atoms with Crippen molar-refractivity contribution in [2.75, 3.05) is 19.7 Å². The van der Waals surface area contributed by atoms with Gasteiger partial charge in [-0.2, -0.15) is 0 Å². The van der Waals surface area contributed by atoms with E-state index in [1.54, 1.807) is 11.5 Å². The second kappa shape index (κ2) is 8.71. The van der Waals surface area contributed by atoms with E-state index in [9.17, 15) is 9.59 Å². The van der Waals surface area contributed by atoms with Crippen LogP contribution in [0.2, 0.25) is 0 Å². The van der Waals surface area contributed by atoms with Gasteiger partial charge in [-0.3, -0.25) is 13.9 Å². The second-order valence-electron chi connectivity index (χ2n) is 5.01. The lowest BCUT2D eigenvalue weighted by molar-refractivity contribution is 0.292. The minimum atomic E-state index is -0.251. The van der Waals surface area contributed by atoms with Crippen LogP contribution in [0, 0.1) is 6.92 Å². The summed E-state index contributed by atoms with van der Waals surface area (Å²) in [4.78, 5) is 23.4. The van der Waals surface area contributed by atoms with Crippen LogP contribution in [-0.2, 0) is 13.6 Å². The topological polar surface area (TPSA) is 76.3 Å². The molecular weight excluding hydrogens is 258 g/mol. The number of nitrogens with zero attached hydrogens (tertiary/aromatic N) is 2. The Morgan fingerprint density at radius 1 is 1.15 bits per heavy atom. The Balaban J connectivity index is 2.35. The summed E-state index contributed by atoms with van der Waals surface area (Å²) in [5, 5.41) is 11.7. The summed E-state index contributed by atoms with van der Waals surface area (Å²) in [6.07, 6.45) is 4.15. The van der Waals surface area contributed by atoms with Crippen LogP contribution in [0.4, 0.5) is 0 Å². The highest BCUT2D eigenvalue weighted by atomic mass is 16.3. The lowest BCUT2D eigenvalue weighted by Gasteiger charge is -2.10. The van der Waals surface area contributed by atoms with Gasteiger partial charge in [-0.15, -0.1) is 0 Å². The fraction of sp³-hybridized carbons (Fsp3) is 0.714. The van der Waals surface area contributed by atoms with E-state index in [2.05, 4.69) is 5.32 Å². The number of aromatic nitrogens is 2. The molecule has 0 fully saturated rings.